The average Bonchev–Trinajstić information content (AvgIpc) is 2.64. The van der Waals surface area contributed by atoms with Crippen LogP contribution in [-0.2, 0) is 0 Å². The van der Waals surface area contributed by atoms with Gasteiger partial charge in [0.05, 0.1) is 11.3 Å². The summed E-state index contributed by atoms with van der Waals surface area (Å²) >= 11 is 0. The van der Waals surface area contributed by atoms with Gasteiger partial charge in [0, 0.05) is 13.1 Å². The number of rotatable bonds is 2. The van der Waals surface area contributed by atoms with E-state index in [4.69, 9.17) is 5.11 Å². The fraction of sp³-hybridized carbons (Fsp3) is 0.417. The number of carboxylic acids is 1. The van der Waals surface area contributed by atoms with Crippen LogP contribution < -0.4 is 4.90 Å². The van der Waals surface area contributed by atoms with Crippen molar-refractivity contribution in [3.05, 3.63) is 29.6 Å². The normalized spacial score (nSPS) is 20.1. The molecule has 1 aromatic carbocycles. The first kappa shape index (κ1) is 10.9. The first-order valence-corrected chi connectivity index (χ1v) is 5.35. The summed E-state index contributed by atoms with van der Waals surface area (Å²) in [6, 6.07) is 3.95. The zero-order valence-electron chi connectivity index (χ0n) is 9.11. The summed E-state index contributed by atoms with van der Waals surface area (Å²) in [6.45, 7) is 3.81. The Labute approximate surface area is 93.5 Å². The smallest absolute Gasteiger partial charge is 0.337 e. The van der Waals surface area contributed by atoms with Crippen molar-refractivity contribution < 1.29 is 14.3 Å². The van der Waals surface area contributed by atoms with Crippen molar-refractivity contribution in [2.24, 2.45) is 5.92 Å². The summed E-state index contributed by atoms with van der Waals surface area (Å²) in [5.41, 5.74) is 0.673. The maximum Gasteiger partial charge on any atom is 0.337 e. The maximum atomic E-state index is 13.0. The molecule has 1 saturated heterocycles. The van der Waals surface area contributed by atoms with Gasteiger partial charge in [0.15, 0.2) is 0 Å². The van der Waals surface area contributed by atoms with Crippen LogP contribution in [0.3, 0.4) is 0 Å². The van der Waals surface area contributed by atoms with E-state index < -0.39 is 11.8 Å². The molecule has 0 saturated carbocycles. The third-order valence-corrected chi connectivity index (χ3v) is 2.95. The molecule has 1 aliphatic rings. The molecule has 1 aromatic rings. The highest BCUT2D eigenvalue weighted by atomic mass is 19.1. The van der Waals surface area contributed by atoms with Crippen LogP contribution in [0, 0.1) is 11.7 Å². The van der Waals surface area contributed by atoms with Crippen molar-refractivity contribution in [1.29, 1.82) is 0 Å². The van der Waals surface area contributed by atoms with E-state index in [1.54, 1.807) is 6.07 Å². The summed E-state index contributed by atoms with van der Waals surface area (Å²) in [6.07, 6.45) is 1.05. The maximum absolute atomic E-state index is 13.0. The van der Waals surface area contributed by atoms with Gasteiger partial charge in [-0.15, -0.1) is 0 Å². The molecule has 4 heteroatoms. The van der Waals surface area contributed by atoms with Crippen molar-refractivity contribution >= 4 is 11.7 Å². The minimum atomic E-state index is -1.07. The van der Waals surface area contributed by atoms with Crippen LogP contribution >= 0.6 is 0 Å². The summed E-state index contributed by atoms with van der Waals surface area (Å²) < 4.78 is 13.0. The number of halogens is 1. The molecule has 3 nitrogen and oxygen atoms in total. The lowest BCUT2D eigenvalue weighted by Gasteiger charge is -2.20. The Bertz CT molecular complexity index is 419. The Morgan fingerprint density at radius 3 is 2.88 bits per heavy atom. The molecule has 0 aliphatic carbocycles. The number of aromatic carboxylic acids is 1. The Hall–Kier alpha value is -1.58. The highest BCUT2D eigenvalue weighted by Crippen LogP contribution is 2.27. The minimum absolute atomic E-state index is 0.0501. The standard InChI is InChI=1S/C12H14FNO2/c1-8-4-5-14(7-8)11-3-2-9(13)6-10(11)12(15)16/h2-3,6,8H,4-5,7H2,1H3,(H,15,16). The molecule has 1 heterocycles. The first-order chi connectivity index (χ1) is 7.58. The molecular formula is C12H14FNO2. The molecule has 1 atom stereocenters. The molecule has 1 N–H and O–H groups in total. The van der Waals surface area contributed by atoms with E-state index in [-0.39, 0.29) is 5.56 Å². The van der Waals surface area contributed by atoms with Crippen LogP contribution in [0.1, 0.15) is 23.7 Å². The van der Waals surface area contributed by atoms with E-state index in [9.17, 15) is 9.18 Å². The van der Waals surface area contributed by atoms with Gasteiger partial charge < -0.3 is 10.0 Å². The van der Waals surface area contributed by atoms with E-state index in [1.807, 2.05) is 4.90 Å². The van der Waals surface area contributed by atoms with Crippen LogP contribution in [0.25, 0.3) is 0 Å². The SMILES string of the molecule is CC1CCN(c2ccc(F)cc2C(=O)O)C1. The third kappa shape index (κ3) is 2.01. The Morgan fingerprint density at radius 2 is 2.31 bits per heavy atom. The highest BCUT2D eigenvalue weighted by molar-refractivity contribution is 5.94. The van der Waals surface area contributed by atoms with Crippen molar-refractivity contribution in [1.82, 2.24) is 0 Å². The van der Waals surface area contributed by atoms with Gasteiger partial charge in [-0.1, -0.05) is 6.92 Å². The number of nitrogens with zero attached hydrogens (tertiary/aromatic N) is 1. The lowest BCUT2D eigenvalue weighted by molar-refractivity contribution is 0.0697. The molecule has 0 spiro atoms. The fourth-order valence-electron chi connectivity index (χ4n) is 2.11. The Balaban J connectivity index is 2.36. The van der Waals surface area contributed by atoms with E-state index in [0.717, 1.165) is 25.6 Å². The van der Waals surface area contributed by atoms with Crippen LogP contribution in [0.15, 0.2) is 18.2 Å². The van der Waals surface area contributed by atoms with Crippen LogP contribution in [0.2, 0.25) is 0 Å². The summed E-state index contributed by atoms with van der Waals surface area (Å²) in [5, 5.41) is 9.02. The number of hydrogen-bond acceptors (Lipinski definition) is 2. The topological polar surface area (TPSA) is 40.5 Å². The zero-order chi connectivity index (χ0) is 11.7. The van der Waals surface area contributed by atoms with Crippen molar-refractivity contribution in [3.63, 3.8) is 0 Å². The van der Waals surface area contributed by atoms with Crippen LogP contribution in [0.4, 0.5) is 10.1 Å². The lowest BCUT2D eigenvalue weighted by Crippen LogP contribution is -2.21. The van der Waals surface area contributed by atoms with Gasteiger partial charge in [0.2, 0.25) is 0 Å². The lowest BCUT2D eigenvalue weighted by atomic mass is 10.1. The second-order valence-corrected chi connectivity index (χ2v) is 4.31. The molecular weight excluding hydrogens is 209 g/mol. The molecule has 86 valence electrons. The predicted octanol–water partition coefficient (Wildman–Crippen LogP) is 2.37. The largest absolute Gasteiger partial charge is 0.478 e. The van der Waals surface area contributed by atoms with Gasteiger partial charge >= 0.3 is 5.97 Å². The number of anilines is 1. The van der Waals surface area contributed by atoms with E-state index >= 15 is 0 Å². The first-order valence-electron chi connectivity index (χ1n) is 5.35. The van der Waals surface area contributed by atoms with Crippen molar-refractivity contribution in [2.75, 3.05) is 18.0 Å². The quantitative estimate of drug-likeness (QED) is 0.836. The van der Waals surface area contributed by atoms with E-state index in [1.165, 1.54) is 6.07 Å². The number of carbonyl (C=O) groups is 1. The average molecular weight is 223 g/mol. The van der Waals surface area contributed by atoms with Gasteiger partial charge in [-0.2, -0.15) is 0 Å². The molecule has 16 heavy (non-hydrogen) atoms. The van der Waals surface area contributed by atoms with Gasteiger partial charge in [-0.05, 0) is 30.5 Å². The van der Waals surface area contributed by atoms with Crippen LogP contribution in [0.5, 0.6) is 0 Å². The van der Waals surface area contributed by atoms with Gasteiger partial charge in [0.1, 0.15) is 5.82 Å². The van der Waals surface area contributed by atoms with Crippen LogP contribution in [-0.4, -0.2) is 24.2 Å². The number of carboxylic acid groups (broad SMARTS) is 1. The monoisotopic (exact) mass is 223 g/mol. The molecule has 0 radical (unpaired) electrons. The van der Waals surface area contributed by atoms with Crippen molar-refractivity contribution in [2.45, 2.75) is 13.3 Å². The van der Waals surface area contributed by atoms with E-state index in [0.29, 0.717) is 11.6 Å². The predicted molar refractivity (Wildman–Crippen MR) is 59.4 cm³/mol. The highest BCUT2D eigenvalue weighted by Gasteiger charge is 2.23. The third-order valence-electron chi connectivity index (χ3n) is 2.95. The van der Waals surface area contributed by atoms with E-state index in [2.05, 4.69) is 6.92 Å². The molecule has 1 fully saturated rings. The van der Waals surface area contributed by atoms with Gasteiger partial charge in [-0.25, -0.2) is 9.18 Å². The second kappa shape index (κ2) is 4.12. The Kier molecular flexibility index (Phi) is 2.81. The summed E-state index contributed by atoms with van der Waals surface area (Å²) in [4.78, 5) is 13.0. The summed E-state index contributed by atoms with van der Waals surface area (Å²) in [7, 11) is 0. The second-order valence-electron chi connectivity index (χ2n) is 4.31. The molecule has 0 aromatic heterocycles. The molecule has 0 bridgehead atoms. The van der Waals surface area contributed by atoms with Gasteiger partial charge in [0.25, 0.3) is 0 Å². The van der Waals surface area contributed by atoms with Crippen molar-refractivity contribution in [3.8, 4) is 0 Å². The molecule has 1 unspecified atom stereocenters. The summed E-state index contributed by atoms with van der Waals surface area (Å²) in [5.74, 6) is -1.02. The minimum Gasteiger partial charge on any atom is -0.478 e. The molecule has 1 aliphatic heterocycles. The fourth-order valence-corrected chi connectivity index (χ4v) is 2.11. The Morgan fingerprint density at radius 1 is 1.56 bits per heavy atom. The number of hydrogen-bond donors (Lipinski definition) is 1. The molecule has 0 amide bonds. The zero-order valence-corrected chi connectivity index (χ0v) is 9.11. The molecule has 2 rings (SSSR count). The van der Waals surface area contributed by atoms with Gasteiger partial charge in [-0.3, -0.25) is 0 Å². The number of benzene rings is 1.